The van der Waals surface area contributed by atoms with Gasteiger partial charge in [-0.1, -0.05) is 23.7 Å². The standard InChI is InChI=1S/C26H26ClFN2O7S/c1-36-18-5-2-15(3-6-18)12-37-13-16-8-19(38(34,35)21-7-4-17(28)9-20(21)27)10-26(16,24(32)33)22-11-25(22,14-29)23(30)31/h2-7,9,16,19,22H,8,10-13H2,1H3,(H2,30,31)(H,32,33)/t16-,19-,22?,25?,26-/m0/s1. The van der Waals surface area contributed by atoms with Crippen molar-refractivity contribution in [2.45, 2.75) is 36.0 Å². The molecule has 0 saturated heterocycles. The number of nitrogens with zero attached hydrogens (tertiary/aromatic N) is 1. The summed E-state index contributed by atoms with van der Waals surface area (Å²) in [4.78, 5) is 24.7. The lowest BCUT2D eigenvalue weighted by atomic mass is 9.71. The number of rotatable bonds is 10. The number of carboxylic acid groups (broad SMARTS) is 1. The van der Waals surface area contributed by atoms with Crippen LogP contribution < -0.4 is 10.5 Å². The largest absolute Gasteiger partial charge is 0.497 e. The van der Waals surface area contributed by atoms with Crippen LogP contribution in [0.4, 0.5) is 4.39 Å². The number of hydrogen-bond acceptors (Lipinski definition) is 7. The van der Waals surface area contributed by atoms with Gasteiger partial charge in [0.1, 0.15) is 17.0 Å². The predicted octanol–water partition coefficient (Wildman–Crippen LogP) is 3.34. The fraction of sp³-hybridized carbons (Fsp3) is 0.423. The van der Waals surface area contributed by atoms with E-state index in [0.29, 0.717) is 5.75 Å². The van der Waals surface area contributed by atoms with Crippen LogP contribution in [0.2, 0.25) is 5.02 Å². The molecule has 0 bridgehead atoms. The summed E-state index contributed by atoms with van der Waals surface area (Å²) in [6.07, 6.45) is -0.595. The maximum absolute atomic E-state index is 13.6. The minimum atomic E-state index is -4.21. The highest BCUT2D eigenvalue weighted by Gasteiger charge is 2.74. The molecule has 1 amide bonds. The van der Waals surface area contributed by atoms with E-state index in [2.05, 4.69) is 0 Å². The van der Waals surface area contributed by atoms with Gasteiger partial charge in [-0.25, -0.2) is 12.8 Å². The third-order valence-corrected chi connectivity index (χ3v) is 10.5. The second kappa shape index (κ2) is 10.2. The number of sulfone groups is 1. The highest BCUT2D eigenvalue weighted by atomic mass is 35.5. The number of ether oxygens (including phenoxy) is 2. The number of carbonyl (C=O) groups excluding carboxylic acids is 1. The maximum Gasteiger partial charge on any atom is 0.310 e. The lowest BCUT2D eigenvalue weighted by Crippen LogP contribution is -2.43. The van der Waals surface area contributed by atoms with E-state index in [-0.39, 0.29) is 42.4 Å². The zero-order valence-electron chi connectivity index (χ0n) is 20.4. The van der Waals surface area contributed by atoms with Crippen LogP contribution in [-0.4, -0.2) is 44.4 Å². The Bertz CT molecular complexity index is 1410. The van der Waals surface area contributed by atoms with E-state index in [9.17, 15) is 32.8 Å². The van der Waals surface area contributed by atoms with Crippen molar-refractivity contribution in [3.63, 3.8) is 0 Å². The van der Waals surface area contributed by atoms with Crippen LogP contribution in [-0.2, 0) is 30.8 Å². The highest BCUT2D eigenvalue weighted by molar-refractivity contribution is 7.92. The Morgan fingerprint density at radius 1 is 1.24 bits per heavy atom. The molecule has 2 saturated carbocycles. The van der Waals surface area contributed by atoms with Gasteiger partial charge in [-0.15, -0.1) is 0 Å². The van der Waals surface area contributed by atoms with E-state index in [1.54, 1.807) is 24.3 Å². The number of benzene rings is 2. The molecule has 38 heavy (non-hydrogen) atoms. The molecule has 5 atom stereocenters. The Balaban J connectivity index is 1.67. The van der Waals surface area contributed by atoms with Gasteiger partial charge in [0.05, 0.1) is 47.0 Å². The molecule has 0 spiro atoms. The number of carbonyl (C=O) groups is 2. The number of nitriles is 1. The van der Waals surface area contributed by atoms with Crippen LogP contribution in [0.3, 0.4) is 0 Å². The molecular formula is C26H26ClFN2O7S. The van der Waals surface area contributed by atoms with E-state index in [4.69, 9.17) is 26.8 Å². The zero-order chi connectivity index (χ0) is 27.9. The Labute approximate surface area is 224 Å². The van der Waals surface area contributed by atoms with Crippen LogP contribution in [0.5, 0.6) is 5.75 Å². The summed E-state index contributed by atoms with van der Waals surface area (Å²) in [5.74, 6) is -4.21. The number of primary amides is 1. The lowest BCUT2D eigenvalue weighted by Gasteiger charge is -2.32. The van der Waals surface area contributed by atoms with Crippen LogP contribution in [0.1, 0.15) is 24.8 Å². The summed E-state index contributed by atoms with van der Waals surface area (Å²) in [5, 5.41) is 18.6. The summed E-state index contributed by atoms with van der Waals surface area (Å²) in [7, 11) is -2.68. The fourth-order valence-corrected chi connectivity index (χ4v) is 8.13. The van der Waals surface area contributed by atoms with Crippen LogP contribution >= 0.6 is 11.6 Å². The first-order valence-electron chi connectivity index (χ1n) is 11.8. The van der Waals surface area contributed by atoms with Crippen molar-refractivity contribution in [3.8, 4) is 11.8 Å². The molecule has 9 nitrogen and oxygen atoms in total. The van der Waals surface area contributed by atoms with Crippen molar-refractivity contribution in [2.24, 2.45) is 28.4 Å². The molecule has 4 rings (SSSR count). The summed E-state index contributed by atoms with van der Waals surface area (Å²) in [6, 6.07) is 11.8. The molecule has 0 aromatic heterocycles. The fourth-order valence-electron chi connectivity index (χ4n) is 5.71. The Hall–Kier alpha value is -3.20. The molecule has 2 unspecified atom stereocenters. The first-order chi connectivity index (χ1) is 17.9. The van der Waals surface area contributed by atoms with Crippen molar-refractivity contribution in [2.75, 3.05) is 13.7 Å². The average Bonchev–Trinajstić information content (AvgIpc) is 3.50. The van der Waals surface area contributed by atoms with Gasteiger partial charge in [0, 0.05) is 11.8 Å². The van der Waals surface area contributed by atoms with E-state index in [1.165, 1.54) is 7.11 Å². The molecule has 0 radical (unpaired) electrons. The highest BCUT2D eigenvalue weighted by Crippen LogP contribution is 2.68. The summed E-state index contributed by atoms with van der Waals surface area (Å²) in [5.41, 5.74) is 2.79. The van der Waals surface area contributed by atoms with Crippen molar-refractivity contribution < 1.29 is 37.0 Å². The van der Waals surface area contributed by atoms with Crippen molar-refractivity contribution >= 4 is 33.3 Å². The van der Waals surface area contributed by atoms with E-state index < -0.39 is 55.4 Å². The third kappa shape index (κ3) is 4.61. The molecule has 12 heteroatoms. The number of nitrogens with two attached hydrogens (primary N) is 1. The van der Waals surface area contributed by atoms with Gasteiger partial charge in [-0.2, -0.15) is 5.26 Å². The van der Waals surface area contributed by atoms with E-state index in [1.807, 2.05) is 6.07 Å². The minimum Gasteiger partial charge on any atom is -0.497 e. The Kier molecular flexibility index (Phi) is 7.45. The normalized spacial score (nSPS) is 28.4. The van der Waals surface area contributed by atoms with Gasteiger partial charge in [-0.05, 0) is 55.2 Å². The first kappa shape index (κ1) is 27.8. The van der Waals surface area contributed by atoms with Gasteiger partial charge < -0.3 is 20.3 Å². The number of methoxy groups -OCH3 is 1. The predicted molar refractivity (Wildman–Crippen MR) is 133 cm³/mol. The number of carboxylic acids is 1. The van der Waals surface area contributed by atoms with Gasteiger partial charge in [0.2, 0.25) is 5.91 Å². The summed E-state index contributed by atoms with van der Waals surface area (Å²) >= 11 is 6.05. The number of hydrogen-bond donors (Lipinski definition) is 2. The van der Waals surface area contributed by atoms with Crippen molar-refractivity contribution in [1.82, 2.24) is 0 Å². The van der Waals surface area contributed by atoms with Gasteiger partial charge in [0.15, 0.2) is 9.84 Å². The third-order valence-electron chi connectivity index (χ3n) is 7.85. The molecule has 0 heterocycles. The SMILES string of the molecule is COc1ccc(COC[C@@H]2C[C@H](S(=O)(=O)c3ccc(F)cc3Cl)C[C@@]2(C(=O)O)C2CC2(C#N)C(N)=O)cc1. The molecule has 202 valence electrons. The topological polar surface area (TPSA) is 157 Å². The Morgan fingerprint density at radius 2 is 1.92 bits per heavy atom. The number of aliphatic carboxylic acids is 1. The molecular weight excluding hydrogens is 539 g/mol. The second-order valence-corrected chi connectivity index (χ2v) is 12.4. The molecule has 3 N–H and O–H groups in total. The molecule has 2 aliphatic carbocycles. The second-order valence-electron chi connectivity index (χ2n) is 9.79. The maximum atomic E-state index is 13.6. The summed E-state index contributed by atoms with van der Waals surface area (Å²) < 4.78 is 51.7. The first-order valence-corrected chi connectivity index (χ1v) is 13.7. The van der Waals surface area contributed by atoms with Crippen molar-refractivity contribution in [1.29, 1.82) is 5.26 Å². The van der Waals surface area contributed by atoms with Gasteiger partial charge in [0.25, 0.3) is 0 Å². The van der Waals surface area contributed by atoms with Crippen LogP contribution in [0.25, 0.3) is 0 Å². The molecule has 2 aromatic carbocycles. The van der Waals surface area contributed by atoms with E-state index in [0.717, 1.165) is 23.8 Å². The van der Waals surface area contributed by atoms with E-state index >= 15 is 0 Å². The minimum absolute atomic E-state index is 0.0931. The average molecular weight is 565 g/mol. The Morgan fingerprint density at radius 3 is 2.45 bits per heavy atom. The van der Waals surface area contributed by atoms with Crippen LogP contribution in [0.15, 0.2) is 47.4 Å². The number of amides is 1. The molecule has 2 aliphatic rings. The smallest absolute Gasteiger partial charge is 0.310 e. The van der Waals surface area contributed by atoms with Gasteiger partial charge in [-0.3, -0.25) is 9.59 Å². The number of halogens is 2. The van der Waals surface area contributed by atoms with Crippen molar-refractivity contribution in [3.05, 3.63) is 58.9 Å². The lowest BCUT2D eigenvalue weighted by molar-refractivity contribution is -0.155. The zero-order valence-corrected chi connectivity index (χ0v) is 22.0. The monoisotopic (exact) mass is 564 g/mol. The van der Waals surface area contributed by atoms with Gasteiger partial charge >= 0.3 is 5.97 Å². The molecule has 2 fully saturated rings. The quantitative estimate of drug-likeness (QED) is 0.416. The molecule has 0 aliphatic heterocycles. The molecule has 2 aromatic rings. The summed E-state index contributed by atoms with van der Waals surface area (Å²) in [6.45, 7) is -0.0282. The van der Waals surface area contributed by atoms with Crippen LogP contribution in [0, 0.1) is 39.8 Å².